The summed E-state index contributed by atoms with van der Waals surface area (Å²) in [5, 5.41) is 10.7. The Hall–Kier alpha value is -1.06. The van der Waals surface area contributed by atoms with Crippen molar-refractivity contribution in [1.29, 1.82) is 0 Å². The molecule has 0 aliphatic heterocycles. The lowest BCUT2D eigenvalue weighted by Crippen LogP contribution is -2.46. The molecular formula is C16H22ClNO2. The molecule has 20 heavy (non-hydrogen) atoms. The van der Waals surface area contributed by atoms with E-state index in [2.05, 4.69) is 0 Å². The topological polar surface area (TPSA) is 40.5 Å². The Morgan fingerprint density at radius 2 is 1.95 bits per heavy atom. The highest BCUT2D eigenvalue weighted by molar-refractivity contribution is 6.30. The molecule has 1 aromatic carbocycles. The quantitative estimate of drug-likeness (QED) is 0.927. The lowest BCUT2D eigenvalue weighted by molar-refractivity contribution is -0.135. The number of rotatable bonds is 4. The fourth-order valence-electron chi connectivity index (χ4n) is 2.81. The summed E-state index contributed by atoms with van der Waals surface area (Å²) in [4.78, 5) is 14.0. The van der Waals surface area contributed by atoms with Crippen LogP contribution in [0, 0.1) is 0 Å². The number of halogens is 1. The van der Waals surface area contributed by atoms with Gasteiger partial charge in [-0.25, -0.2) is 0 Å². The first kappa shape index (κ1) is 15.3. The van der Waals surface area contributed by atoms with E-state index in [1.165, 1.54) is 0 Å². The van der Waals surface area contributed by atoms with Gasteiger partial charge in [-0.2, -0.15) is 0 Å². The Morgan fingerprint density at radius 1 is 1.30 bits per heavy atom. The first-order chi connectivity index (χ1) is 9.58. The Kier molecular flexibility index (Phi) is 5.44. The molecule has 0 radical (unpaired) electrons. The highest BCUT2D eigenvalue weighted by Gasteiger charge is 2.28. The molecule has 0 aromatic heterocycles. The molecule has 2 rings (SSSR count). The fourth-order valence-corrected chi connectivity index (χ4v) is 2.93. The van der Waals surface area contributed by atoms with Gasteiger partial charge in [-0.3, -0.25) is 4.79 Å². The maximum absolute atomic E-state index is 12.2. The van der Waals surface area contributed by atoms with Crippen molar-refractivity contribution < 1.29 is 9.90 Å². The summed E-state index contributed by atoms with van der Waals surface area (Å²) in [7, 11) is 1.81. The van der Waals surface area contributed by atoms with Crippen LogP contribution in [0.2, 0.25) is 5.02 Å². The number of likely N-dealkylation sites (N-methyl/N-ethyl adjacent to an activating group) is 1. The lowest BCUT2D eigenvalue weighted by Gasteiger charge is -2.35. The van der Waals surface area contributed by atoms with Crippen LogP contribution in [0.5, 0.6) is 0 Å². The molecular weight excluding hydrogens is 274 g/mol. The number of aliphatic hydroxyl groups excluding tert-OH is 1. The minimum Gasteiger partial charge on any atom is -0.391 e. The normalized spacial score (nSPS) is 22.6. The summed E-state index contributed by atoms with van der Waals surface area (Å²) in [6.07, 6.45) is 4.68. The Labute approximate surface area is 125 Å². The zero-order valence-electron chi connectivity index (χ0n) is 11.9. The summed E-state index contributed by atoms with van der Waals surface area (Å²) in [6.45, 7) is 0. The largest absolute Gasteiger partial charge is 0.391 e. The average Bonchev–Trinajstić information content (AvgIpc) is 2.46. The van der Waals surface area contributed by atoms with E-state index < -0.39 is 0 Å². The molecule has 1 fully saturated rings. The van der Waals surface area contributed by atoms with Gasteiger partial charge in [-0.05, 0) is 37.0 Å². The van der Waals surface area contributed by atoms with Crippen molar-refractivity contribution >= 4 is 17.5 Å². The van der Waals surface area contributed by atoms with Crippen molar-refractivity contribution in [2.45, 2.75) is 50.7 Å². The smallest absolute Gasteiger partial charge is 0.222 e. The zero-order valence-corrected chi connectivity index (χ0v) is 12.6. The molecule has 2 atom stereocenters. The van der Waals surface area contributed by atoms with Crippen LogP contribution in [0.1, 0.15) is 37.7 Å². The third-order valence-electron chi connectivity index (χ3n) is 4.13. The highest BCUT2D eigenvalue weighted by atomic mass is 35.5. The Balaban J connectivity index is 1.86. The number of hydrogen-bond acceptors (Lipinski definition) is 2. The monoisotopic (exact) mass is 295 g/mol. The first-order valence-electron chi connectivity index (χ1n) is 7.26. The summed E-state index contributed by atoms with van der Waals surface area (Å²) in [5.74, 6) is 0.103. The van der Waals surface area contributed by atoms with Crippen LogP contribution in [0.15, 0.2) is 24.3 Å². The second-order valence-electron chi connectivity index (χ2n) is 5.55. The van der Waals surface area contributed by atoms with Crippen molar-refractivity contribution in [3.63, 3.8) is 0 Å². The van der Waals surface area contributed by atoms with Crippen LogP contribution >= 0.6 is 11.6 Å². The maximum Gasteiger partial charge on any atom is 0.222 e. The van der Waals surface area contributed by atoms with Crippen LogP contribution in [0.3, 0.4) is 0 Å². The van der Waals surface area contributed by atoms with Crippen LogP contribution in [0.25, 0.3) is 0 Å². The second-order valence-corrected chi connectivity index (χ2v) is 5.99. The first-order valence-corrected chi connectivity index (χ1v) is 7.64. The fraction of sp³-hybridized carbons (Fsp3) is 0.562. The minimum absolute atomic E-state index is 0.0125. The number of benzene rings is 1. The van der Waals surface area contributed by atoms with Crippen molar-refractivity contribution in [1.82, 2.24) is 4.90 Å². The van der Waals surface area contributed by atoms with E-state index in [0.717, 1.165) is 31.2 Å². The van der Waals surface area contributed by atoms with Gasteiger partial charge in [-0.1, -0.05) is 36.6 Å². The van der Waals surface area contributed by atoms with Crippen LogP contribution < -0.4 is 0 Å². The molecule has 0 bridgehead atoms. The molecule has 0 spiro atoms. The number of hydrogen-bond donors (Lipinski definition) is 1. The van der Waals surface area contributed by atoms with E-state index in [0.29, 0.717) is 17.9 Å². The third kappa shape index (κ3) is 3.97. The van der Waals surface area contributed by atoms with Crippen molar-refractivity contribution in [2.24, 2.45) is 0 Å². The molecule has 4 heteroatoms. The van der Waals surface area contributed by atoms with Gasteiger partial charge in [0.25, 0.3) is 0 Å². The SMILES string of the molecule is CN(C(=O)CCc1ccc(Cl)cc1)[C@@H]1CCCC[C@H]1O. The number of nitrogens with zero attached hydrogens (tertiary/aromatic N) is 1. The predicted octanol–water partition coefficient (Wildman–Crippen LogP) is 3.03. The van der Waals surface area contributed by atoms with Crippen molar-refractivity contribution in [3.8, 4) is 0 Å². The van der Waals surface area contributed by atoms with E-state index >= 15 is 0 Å². The molecule has 1 saturated carbocycles. The van der Waals surface area contributed by atoms with Gasteiger partial charge in [0, 0.05) is 18.5 Å². The lowest BCUT2D eigenvalue weighted by atomic mass is 9.91. The number of amides is 1. The van der Waals surface area contributed by atoms with Crippen molar-refractivity contribution in [3.05, 3.63) is 34.9 Å². The zero-order chi connectivity index (χ0) is 14.5. The van der Waals surface area contributed by atoms with Gasteiger partial charge in [-0.15, -0.1) is 0 Å². The predicted molar refractivity (Wildman–Crippen MR) is 80.8 cm³/mol. The molecule has 0 unspecified atom stereocenters. The second kappa shape index (κ2) is 7.09. The van der Waals surface area contributed by atoms with Gasteiger partial charge in [0.05, 0.1) is 12.1 Å². The molecule has 0 heterocycles. The Morgan fingerprint density at radius 3 is 2.60 bits per heavy atom. The van der Waals surface area contributed by atoms with E-state index in [4.69, 9.17) is 11.6 Å². The van der Waals surface area contributed by atoms with Crippen LogP contribution in [-0.2, 0) is 11.2 Å². The van der Waals surface area contributed by atoms with E-state index in [1.54, 1.807) is 4.90 Å². The van der Waals surface area contributed by atoms with E-state index in [9.17, 15) is 9.90 Å². The van der Waals surface area contributed by atoms with Gasteiger partial charge in [0.15, 0.2) is 0 Å². The molecule has 1 aliphatic carbocycles. The van der Waals surface area contributed by atoms with Crippen LogP contribution in [-0.4, -0.2) is 35.1 Å². The molecule has 1 aliphatic rings. The van der Waals surface area contributed by atoms with Gasteiger partial charge in [0.1, 0.15) is 0 Å². The number of aryl methyl sites for hydroxylation is 1. The van der Waals surface area contributed by atoms with Crippen molar-refractivity contribution in [2.75, 3.05) is 7.05 Å². The molecule has 3 nitrogen and oxygen atoms in total. The van der Waals surface area contributed by atoms with E-state index in [-0.39, 0.29) is 18.1 Å². The van der Waals surface area contributed by atoms with Crippen LogP contribution in [0.4, 0.5) is 0 Å². The molecule has 1 aromatic rings. The summed E-state index contributed by atoms with van der Waals surface area (Å²) < 4.78 is 0. The average molecular weight is 296 g/mol. The molecule has 1 N–H and O–H groups in total. The third-order valence-corrected chi connectivity index (χ3v) is 4.38. The van der Waals surface area contributed by atoms with Gasteiger partial charge >= 0.3 is 0 Å². The molecule has 110 valence electrons. The summed E-state index contributed by atoms with van der Waals surface area (Å²) in [6, 6.07) is 7.57. The number of carbonyl (C=O) groups is 1. The highest BCUT2D eigenvalue weighted by Crippen LogP contribution is 2.23. The standard InChI is InChI=1S/C16H22ClNO2/c1-18(14-4-2-3-5-15(14)19)16(20)11-8-12-6-9-13(17)10-7-12/h6-7,9-10,14-15,19H,2-5,8,11H2,1H3/t14-,15-/m1/s1. The Bertz CT molecular complexity index is 446. The minimum atomic E-state index is -0.367. The summed E-state index contributed by atoms with van der Waals surface area (Å²) in [5.41, 5.74) is 1.11. The van der Waals surface area contributed by atoms with Gasteiger partial charge in [0.2, 0.25) is 5.91 Å². The number of carbonyl (C=O) groups excluding carboxylic acids is 1. The number of aliphatic hydroxyl groups is 1. The maximum atomic E-state index is 12.2. The van der Waals surface area contributed by atoms with E-state index in [1.807, 2.05) is 31.3 Å². The molecule has 0 saturated heterocycles. The molecule has 1 amide bonds. The van der Waals surface area contributed by atoms with Gasteiger partial charge < -0.3 is 10.0 Å². The summed E-state index contributed by atoms with van der Waals surface area (Å²) >= 11 is 5.84.